The molecule has 0 radical (unpaired) electrons. The molecule has 20 heavy (non-hydrogen) atoms. The summed E-state index contributed by atoms with van der Waals surface area (Å²) < 4.78 is 14.3. The van der Waals surface area contributed by atoms with Crippen molar-refractivity contribution in [2.45, 2.75) is 25.8 Å². The molecule has 1 saturated heterocycles. The first-order valence-corrected chi connectivity index (χ1v) is 7.28. The van der Waals surface area contributed by atoms with Gasteiger partial charge in [0.2, 0.25) is 5.91 Å². The molecule has 0 saturated carbocycles. The quantitative estimate of drug-likeness (QED) is 0.896. The van der Waals surface area contributed by atoms with Crippen LogP contribution in [0.4, 0.5) is 4.39 Å². The molecule has 1 unspecified atom stereocenters. The lowest BCUT2D eigenvalue weighted by molar-refractivity contribution is -0.120. The fourth-order valence-corrected chi connectivity index (χ4v) is 2.94. The first-order chi connectivity index (χ1) is 9.49. The molecule has 1 atom stereocenters. The third-order valence-electron chi connectivity index (χ3n) is 3.29. The molecule has 1 aromatic carbocycles. The van der Waals surface area contributed by atoms with Gasteiger partial charge in [-0.15, -0.1) is 0 Å². The Morgan fingerprint density at radius 1 is 1.45 bits per heavy atom. The smallest absolute Gasteiger partial charge is 0.258 e. The van der Waals surface area contributed by atoms with Crippen LogP contribution in [0.15, 0.2) is 22.7 Å². The fraction of sp³-hybridized carbons (Fsp3) is 0.429. The normalized spacial score (nSPS) is 18.8. The maximum atomic E-state index is 13.8. The van der Waals surface area contributed by atoms with E-state index in [1.54, 1.807) is 17.0 Å². The van der Waals surface area contributed by atoms with E-state index in [0.717, 1.165) is 12.8 Å². The lowest BCUT2D eigenvalue weighted by atomic mass is 10.0. The van der Waals surface area contributed by atoms with E-state index in [1.807, 2.05) is 0 Å². The second-order valence-electron chi connectivity index (χ2n) is 4.89. The molecular formula is C14H16BrFN2O2. The van der Waals surface area contributed by atoms with Gasteiger partial charge >= 0.3 is 0 Å². The third kappa shape index (κ3) is 3.36. The molecule has 0 aliphatic carbocycles. The number of piperidine rings is 1. The molecule has 1 aromatic rings. The molecule has 2 amide bonds. The van der Waals surface area contributed by atoms with Gasteiger partial charge in [0.15, 0.2) is 0 Å². The van der Waals surface area contributed by atoms with Gasteiger partial charge in [0.1, 0.15) is 5.82 Å². The van der Waals surface area contributed by atoms with Crippen LogP contribution < -0.4 is 5.32 Å². The molecule has 0 spiro atoms. The van der Waals surface area contributed by atoms with E-state index in [1.165, 1.54) is 13.0 Å². The summed E-state index contributed by atoms with van der Waals surface area (Å²) in [5, 5.41) is 2.81. The highest BCUT2D eigenvalue weighted by Crippen LogP contribution is 2.23. The summed E-state index contributed by atoms with van der Waals surface area (Å²) in [6.07, 6.45) is 1.63. The molecule has 1 aliphatic rings. The third-order valence-corrected chi connectivity index (χ3v) is 3.95. The van der Waals surface area contributed by atoms with Crippen molar-refractivity contribution < 1.29 is 14.0 Å². The molecule has 1 heterocycles. The van der Waals surface area contributed by atoms with Crippen LogP contribution in [0.5, 0.6) is 0 Å². The Morgan fingerprint density at radius 2 is 2.20 bits per heavy atom. The SMILES string of the molecule is CC(=O)NC1CCCN(C(=O)c2c(F)cccc2Br)C1. The van der Waals surface area contributed by atoms with Gasteiger partial charge in [0.25, 0.3) is 5.91 Å². The minimum Gasteiger partial charge on any atom is -0.352 e. The maximum Gasteiger partial charge on any atom is 0.258 e. The highest BCUT2D eigenvalue weighted by atomic mass is 79.9. The predicted octanol–water partition coefficient (Wildman–Crippen LogP) is 2.33. The van der Waals surface area contributed by atoms with Crippen molar-refractivity contribution in [3.63, 3.8) is 0 Å². The van der Waals surface area contributed by atoms with Gasteiger partial charge in [-0.1, -0.05) is 6.07 Å². The number of carbonyl (C=O) groups excluding carboxylic acids is 2. The van der Waals surface area contributed by atoms with E-state index in [2.05, 4.69) is 21.2 Å². The zero-order valence-corrected chi connectivity index (χ0v) is 12.7. The summed E-state index contributed by atoms with van der Waals surface area (Å²) in [5.74, 6) is -0.993. The van der Waals surface area contributed by atoms with Gasteiger partial charge in [-0.25, -0.2) is 4.39 Å². The second-order valence-corrected chi connectivity index (χ2v) is 5.74. The number of benzene rings is 1. The van der Waals surface area contributed by atoms with Gasteiger partial charge in [0.05, 0.1) is 5.56 Å². The summed E-state index contributed by atoms with van der Waals surface area (Å²) in [7, 11) is 0. The monoisotopic (exact) mass is 342 g/mol. The van der Waals surface area contributed by atoms with Crippen LogP contribution in [-0.4, -0.2) is 35.8 Å². The lowest BCUT2D eigenvalue weighted by Crippen LogP contribution is -2.49. The van der Waals surface area contributed by atoms with Crippen LogP contribution in [-0.2, 0) is 4.79 Å². The standard InChI is InChI=1S/C14H16BrFN2O2/c1-9(19)17-10-4-3-7-18(8-10)14(20)13-11(15)5-2-6-12(13)16/h2,5-6,10H,3-4,7-8H2,1H3,(H,17,19). The molecule has 0 bridgehead atoms. The molecule has 108 valence electrons. The molecule has 1 fully saturated rings. The molecule has 0 aromatic heterocycles. The molecule has 2 rings (SSSR count). The van der Waals surface area contributed by atoms with Crippen molar-refractivity contribution >= 4 is 27.7 Å². The Balaban J connectivity index is 2.14. The van der Waals surface area contributed by atoms with Crippen LogP contribution in [0.3, 0.4) is 0 Å². The number of rotatable bonds is 2. The Morgan fingerprint density at radius 3 is 2.85 bits per heavy atom. The second kappa shape index (κ2) is 6.35. The van der Waals surface area contributed by atoms with Gasteiger partial charge in [0, 0.05) is 30.5 Å². The van der Waals surface area contributed by atoms with Crippen molar-refractivity contribution in [1.29, 1.82) is 0 Å². The van der Waals surface area contributed by atoms with Gasteiger partial charge in [-0.3, -0.25) is 9.59 Å². The number of hydrogen-bond acceptors (Lipinski definition) is 2. The first-order valence-electron chi connectivity index (χ1n) is 6.49. The van der Waals surface area contributed by atoms with E-state index >= 15 is 0 Å². The van der Waals surface area contributed by atoms with Crippen LogP contribution in [0.1, 0.15) is 30.1 Å². The Bertz CT molecular complexity index is 516. The van der Waals surface area contributed by atoms with Crippen LogP contribution in [0.25, 0.3) is 0 Å². The average Bonchev–Trinajstić information content (AvgIpc) is 2.38. The Labute approximate surface area is 125 Å². The highest BCUT2D eigenvalue weighted by Gasteiger charge is 2.27. The summed E-state index contributed by atoms with van der Waals surface area (Å²) in [4.78, 5) is 25.1. The topological polar surface area (TPSA) is 49.4 Å². The summed E-state index contributed by atoms with van der Waals surface area (Å²) in [6.45, 7) is 2.45. The van der Waals surface area contributed by atoms with E-state index in [0.29, 0.717) is 17.6 Å². The van der Waals surface area contributed by atoms with Crippen molar-refractivity contribution in [2.24, 2.45) is 0 Å². The Hall–Kier alpha value is -1.43. The van der Waals surface area contributed by atoms with Crippen LogP contribution >= 0.6 is 15.9 Å². The highest BCUT2D eigenvalue weighted by molar-refractivity contribution is 9.10. The zero-order valence-electron chi connectivity index (χ0n) is 11.2. The van der Waals surface area contributed by atoms with Crippen LogP contribution in [0.2, 0.25) is 0 Å². The summed E-state index contributed by atoms with van der Waals surface area (Å²) >= 11 is 3.21. The van der Waals surface area contributed by atoms with Crippen molar-refractivity contribution in [2.75, 3.05) is 13.1 Å². The van der Waals surface area contributed by atoms with Gasteiger partial charge in [-0.2, -0.15) is 0 Å². The zero-order chi connectivity index (χ0) is 14.7. The van der Waals surface area contributed by atoms with Crippen molar-refractivity contribution in [1.82, 2.24) is 10.2 Å². The molecule has 6 heteroatoms. The minimum atomic E-state index is -0.536. The number of nitrogens with zero attached hydrogens (tertiary/aromatic N) is 1. The molecule has 1 aliphatic heterocycles. The molecule has 4 nitrogen and oxygen atoms in total. The van der Waals surface area contributed by atoms with E-state index in [4.69, 9.17) is 0 Å². The molecule has 1 N–H and O–H groups in total. The number of hydrogen-bond donors (Lipinski definition) is 1. The van der Waals surface area contributed by atoms with Crippen molar-refractivity contribution in [3.8, 4) is 0 Å². The number of halogens is 2. The predicted molar refractivity (Wildman–Crippen MR) is 76.8 cm³/mol. The van der Waals surface area contributed by atoms with E-state index in [-0.39, 0.29) is 23.4 Å². The van der Waals surface area contributed by atoms with Crippen molar-refractivity contribution in [3.05, 3.63) is 34.1 Å². The fourth-order valence-electron chi connectivity index (χ4n) is 2.43. The maximum absolute atomic E-state index is 13.8. The van der Waals surface area contributed by atoms with Gasteiger partial charge < -0.3 is 10.2 Å². The van der Waals surface area contributed by atoms with E-state index in [9.17, 15) is 14.0 Å². The number of carbonyl (C=O) groups is 2. The van der Waals surface area contributed by atoms with E-state index < -0.39 is 5.82 Å². The summed E-state index contributed by atoms with van der Waals surface area (Å²) in [5.41, 5.74) is 0.0518. The van der Waals surface area contributed by atoms with Gasteiger partial charge in [-0.05, 0) is 40.9 Å². The first kappa shape index (κ1) is 15.0. The number of amides is 2. The number of likely N-dealkylation sites (tertiary alicyclic amines) is 1. The Kier molecular flexibility index (Phi) is 4.75. The lowest BCUT2D eigenvalue weighted by Gasteiger charge is -2.33. The van der Waals surface area contributed by atoms with Crippen LogP contribution in [0, 0.1) is 5.82 Å². The molecular weight excluding hydrogens is 327 g/mol. The average molecular weight is 343 g/mol. The summed E-state index contributed by atoms with van der Waals surface area (Å²) in [6, 6.07) is 4.40. The largest absolute Gasteiger partial charge is 0.352 e. The number of nitrogens with one attached hydrogen (secondary N) is 1. The minimum absolute atomic E-state index is 0.0518.